The Kier molecular flexibility index (Phi) is 15.1. The van der Waals surface area contributed by atoms with Crippen LogP contribution in [0.2, 0.25) is 0 Å². The van der Waals surface area contributed by atoms with Crippen LogP contribution in [0.1, 0.15) is 57.8 Å². The van der Waals surface area contributed by atoms with E-state index in [1.54, 1.807) is 12.2 Å². The van der Waals surface area contributed by atoms with Crippen LogP contribution in [-0.4, -0.2) is 44.2 Å². The molecule has 5 N–H and O–H groups in total. The van der Waals surface area contributed by atoms with Gasteiger partial charge < -0.3 is 25.5 Å². The summed E-state index contributed by atoms with van der Waals surface area (Å²) in [6, 6.07) is 0. The molecule has 0 aliphatic carbocycles. The van der Waals surface area contributed by atoms with E-state index >= 15 is 0 Å². The average molecular weight is 368 g/mol. The molecular formula is C20H32O6. The zero-order valence-electron chi connectivity index (χ0n) is 15.3. The van der Waals surface area contributed by atoms with E-state index in [0.717, 1.165) is 57.4 Å². The van der Waals surface area contributed by atoms with Gasteiger partial charge in [0.25, 0.3) is 0 Å². The number of rotatable bonds is 15. The Balaban J connectivity index is 3.82. The molecule has 0 aliphatic heterocycles. The van der Waals surface area contributed by atoms with Crippen molar-refractivity contribution in [3.63, 3.8) is 0 Å². The van der Waals surface area contributed by atoms with Crippen LogP contribution in [0, 0.1) is 0 Å². The smallest absolute Gasteiger partial charge is 0.332 e. The molecule has 0 saturated carbocycles. The number of unbranched alkanes of at least 4 members (excludes halogenated alkanes) is 5. The first-order valence-corrected chi connectivity index (χ1v) is 9.12. The Morgan fingerprint density at radius 3 is 2.12 bits per heavy atom. The highest BCUT2D eigenvalue weighted by atomic mass is 16.4. The molecule has 0 aromatic carbocycles. The van der Waals surface area contributed by atoms with Gasteiger partial charge in [-0.25, -0.2) is 4.79 Å². The molecular weight excluding hydrogens is 336 g/mol. The molecule has 0 saturated heterocycles. The van der Waals surface area contributed by atoms with E-state index < -0.39 is 11.7 Å². The molecule has 0 radical (unpaired) electrons. The molecule has 0 amide bonds. The van der Waals surface area contributed by atoms with Crippen LogP contribution in [-0.2, 0) is 4.79 Å². The predicted octanol–water partition coefficient (Wildman–Crippen LogP) is 3.93. The fourth-order valence-electron chi connectivity index (χ4n) is 2.33. The summed E-state index contributed by atoms with van der Waals surface area (Å²) in [5.41, 5.74) is 0. The van der Waals surface area contributed by atoms with Crippen LogP contribution in [0.15, 0.2) is 48.0 Å². The molecule has 148 valence electrons. The van der Waals surface area contributed by atoms with Gasteiger partial charge in [-0.2, -0.15) is 0 Å². The van der Waals surface area contributed by atoms with Crippen LogP contribution in [0.4, 0.5) is 0 Å². The highest BCUT2D eigenvalue weighted by Crippen LogP contribution is 2.11. The van der Waals surface area contributed by atoms with Crippen molar-refractivity contribution in [1.82, 2.24) is 0 Å². The first-order valence-electron chi connectivity index (χ1n) is 9.12. The molecule has 0 fully saturated rings. The molecule has 0 aliphatic rings. The maximum Gasteiger partial charge on any atom is 0.332 e. The van der Waals surface area contributed by atoms with Crippen molar-refractivity contribution in [3.05, 3.63) is 48.0 Å². The molecule has 0 aromatic heterocycles. The summed E-state index contributed by atoms with van der Waals surface area (Å²) < 4.78 is 0. The van der Waals surface area contributed by atoms with Crippen molar-refractivity contribution in [2.24, 2.45) is 0 Å². The number of aliphatic hydroxyl groups excluding tert-OH is 4. The van der Waals surface area contributed by atoms with Crippen LogP contribution < -0.4 is 0 Å². The molecule has 1 atom stereocenters. The molecule has 6 nitrogen and oxygen atoms in total. The number of carboxylic acid groups (broad SMARTS) is 1. The first kappa shape index (κ1) is 23.9. The summed E-state index contributed by atoms with van der Waals surface area (Å²) in [6.07, 6.45) is 16.2. The number of aliphatic carboxylic acids is 1. The predicted molar refractivity (Wildman–Crippen MR) is 102 cm³/mol. The average Bonchev–Trinajstić information content (AvgIpc) is 2.56. The Bertz CT molecular complexity index is 491. The summed E-state index contributed by atoms with van der Waals surface area (Å²) in [6.45, 7) is 0.265. The Morgan fingerprint density at radius 1 is 0.808 bits per heavy atom. The lowest BCUT2D eigenvalue weighted by atomic mass is 10.0. The zero-order chi connectivity index (χ0) is 19.6. The number of hydrogen-bond donors (Lipinski definition) is 5. The topological polar surface area (TPSA) is 118 Å². The van der Waals surface area contributed by atoms with Gasteiger partial charge in [0.05, 0.1) is 12.2 Å². The van der Waals surface area contributed by atoms with Crippen LogP contribution in [0.3, 0.4) is 0 Å². The van der Waals surface area contributed by atoms with E-state index in [-0.39, 0.29) is 18.5 Å². The maximum absolute atomic E-state index is 10.3. The van der Waals surface area contributed by atoms with E-state index in [1.807, 2.05) is 6.08 Å². The Labute approximate surface area is 155 Å². The van der Waals surface area contributed by atoms with E-state index in [9.17, 15) is 20.1 Å². The normalized spacial score (nSPS) is 14.4. The zero-order valence-corrected chi connectivity index (χ0v) is 15.3. The second kappa shape index (κ2) is 16.4. The van der Waals surface area contributed by atoms with Gasteiger partial charge in [0.2, 0.25) is 0 Å². The van der Waals surface area contributed by atoms with E-state index in [1.165, 1.54) is 6.08 Å². The SMILES string of the molecule is O=C(O)C=C(O)C=C(O)C=CC=CCCC(O)CCCCCCCCO. The molecule has 0 aromatic rings. The number of hydrogen-bond acceptors (Lipinski definition) is 5. The van der Waals surface area contributed by atoms with Crippen LogP contribution >= 0.6 is 0 Å². The van der Waals surface area contributed by atoms with Crippen molar-refractivity contribution in [1.29, 1.82) is 0 Å². The molecule has 0 heterocycles. The van der Waals surface area contributed by atoms with E-state index in [4.69, 9.17) is 10.2 Å². The minimum absolute atomic E-state index is 0.260. The van der Waals surface area contributed by atoms with Gasteiger partial charge in [0.1, 0.15) is 11.5 Å². The van der Waals surface area contributed by atoms with Gasteiger partial charge >= 0.3 is 5.97 Å². The third kappa shape index (κ3) is 16.8. The lowest BCUT2D eigenvalue weighted by Gasteiger charge is -2.08. The number of carbonyl (C=O) groups is 1. The summed E-state index contributed by atoms with van der Waals surface area (Å²) in [5, 5.41) is 45.6. The number of allylic oxidation sites excluding steroid dienone is 5. The molecule has 0 spiro atoms. The van der Waals surface area contributed by atoms with Crippen LogP contribution in [0.5, 0.6) is 0 Å². The van der Waals surface area contributed by atoms with Gasteiger partial charge in [-0.1, -0.05) is 50.3 Å². The minimum Gasteiger partial charge on any atom is -0.508 e. The first-order chi connectivity index (χ1) is 12.5. The fourth-order valence-corrected chi connectivity index (χ4v) is 2.33. The van der Waals surface area contributed by atoms with Crippen molar-refractivity contribution >= 4 is 5.97 Å². The lowest BCUT2D eigenvalue weighted by Crippen LogP contribution is -2.05. The molecule has 0 rings (SSSR count). The summed E-state index contributed by atoms with van der Waals surface area (Å²) in [5.74, 6) is -2.10. The second-order valence-corrected chi connectivity index (χ2v) is 6.13. The number of aliphatic hydroxyl groups is 4. The molecule has 1 unspecified atom stereocenters. The lowest BCUT2D eigenvalue weighted by molar-refractivity contribution is -0.131. The summed E-state index contributed by atoms with van der Waals surface area (Å²) in [4.78, 5) is 10.3. The standard InChI is InChI=1S/C20H32O6/c21-14-10-6-2-1-3-7-11-17(22)12-8-4-5-9-13-18(23)15-19(24)16-20(25)26/h4-5,9,13,15-17,21-24H,1-3,6-8,10-12,14H2,(H,25,26). The molecule has 0 bridgehead atoms. The van der Waals surface area contributed by atoms with Gasteiger partial charge in [-0.15, -0.1) is 0 Å². The third-order valence-corrected chi connectivity index (χ3v) is 3.69. The highest BCUT2D eigenvalue weighted by Gasteiger charge is 2.02. The summed E-state index contributed by atoms with van der Waals surface area (Å²) >= 11 is 0. The van der Waals surface area contributed by atoms with Gasteiger partial charge in [-0.05, 0) is 31.8 Å². The molecule has 26 heavy (non-hydrogen) atoms. The van der Waals surface area contributed by atoms with Crippen molar-refractivity contribution < 1.29 is 30.3 Å². The highest BCUT2D eigenvalue weighted by molar-refractivity contribution is 5.80. The summed E-state index contributed by atoms with van der Waals surface area (Å²) in [7, 11) is 0. The van der Waals surface area contributed by atoms with Gasteiger partial charge in [0, 0.05) is 12.7 Å². The fraction of sp³-hybridized carbons (Fsp3) is 0.550. The number of carboxylic acids is 1. The quantitative estimate of drug-likeness (QED) is 0.129. The van der Waals surface area contributed by atoms with Gasteiger partial charge in [0.15, 0.2) is 0 Å². The second-order valence-electron chi connectivity index (χ2n) is 6.13. The third-order valence-electron chi connectivity index (χ3n) is 3.69. The Morgan fingerprint density at radius 2 is 1.46 bits per heavy atom. The van der Waals surface area contributed by atoms with Crippen LogP contribution in [0.25, 0.3) is 0 Å². The van der Waals surface area contributed by atoms with Crippen molar-refractivity contribution in [2.75, 3.05) is 6.61 Å². The van der Waals surface area contributed by atoms with Crippen molar-refractivity contribution in [2.45, 2.75) is 63.9 Å². The maximum atomic E-state index is 10.3. The monoisotopic (exact) mass is 368 g/mol. The van der Waals surface area contributed by atoms with Crippen molar-refractivity contribution in [3.8, 4) is 0 Å². The largest absolute Gasteiger partial charge is 0.508 e. The minimum atomic E-state index is -1.30. The Hall–Kier alpha value is -2.05. The van der Waals surface area contributed by atoms with Gasteiger partial charge in [-0.3, -0.25) is 0 Å². The van der Waals surface area contributed by atoms with E-state index in [0.29, 0.717) is 12.5 Å². The van der Waals surface area contributed by atoms with E-state index in [2.05, 4.69) is 0 Å². The molecule has 6 heteroatoms.